The van der Waals surface area contributed by atoms with Crippen molar-refractivity contribution >= 4 is 17.3 Å². The lowest BCUT2D eigenvalue weighted by molar-refractivity contribution is 1.17. The average molecular weight is 277 g/mol. The number of nitrogen functional groups attached to an aromatic ring is 1. The summed E-state index contributed by atoms with van der Waals surface area (Å²) < 4.78 is 0. The number of hydrogen-bond acceptors (Lipinski definition) is 5. The van der Waals surface area contributed by atoms with Gasteiger partial charge in [0.05, 0.1) is 5.69 Å². The van der Waals surface area contributed by atoms with Gasteiger partial charge in [-0.15, -0.1) is 0 Å². The number of nitrogens with one attached hydrogen (secondary N) is 1. The predicted octanol–water partition coefficient (Wildman–Crippen LogP) is 3.17. The second-order valence-electron chi connectivity index (χ2n) is 4.70. The van der Waals surface area contributed by atoms with Gasteiger partial charge in [0.15, 0.2) is 0 Å². The maximum absolute atomic E-state index is 5.82. The van der Waals surface area contributed by atoms with Gasteiger partial charge in [0.1, 0.15) is 0 Å². The molecule has 0 aliphatic heterocycles. The van der Waals surface area contributed by atoms with Gasteiger partial charge in [0.25, 0.3) is 0 Å². The van der Waals surface area contributed by atoms with Crippen LogP contribution in [-0.4, -0.2) is 15.0 Å². The number of pyridine rings is 1. The zero-order valence-electron chi connectivity index (χ0n) is 11.6. The molecular weight excluding hydrogens is 262 g/mol. The highest BCUT2D eigenvalue weighted by molar-refractivity contribution is 5.63. The van der Waals surface area contributed by atoms with Crippen molar-refractivity contribution < 1.29 is 0 Å². The lowest BCUT2D eigenvalue weighted by Crippen LogP contribution is -1.99. The number of rotatable bonds is 3. The number of anilines is 3. The summed E-state index contributed by atoms with van der Waals surface area (Å²) in [6, 6.07) is 11.4. The van der Waals surface area contributed by atoms with Crippen molar-refractivity contribution in [1.29, 1.82) is 0 Å². The summed E-state index contributed by atoms with van der Waals surface area (Å²) in [5.41, 5.74) is 10.4. The Morgan fingerprint density at radius 2 is 1.81 bits per heavy atom. The van der Waals surface area contributed by atoms with E-state index in [1.807, 2.05) is 43.3 Å². The summed E-state index contributed by atoms with van der Waals surface area (Å²) in [5.74, 6) is 0.550. The summed E-state index contributed by atoms with van der Waals surface area (Å²) in [6.45, 7) is 1.97. The third-order valence-corrected chi connectivity index (χ3v) is 3.16. The Hall–Kier alpha value is -2.95. The third-order valence-electron chi connectivity index (χ3n) is 3.16. The Bertz CT molecular complexity index is 756. The monoisotopic (exact) mass is 277 g/mol. The molecule has 0 spiro atoms. The van der Waals surface area contributed by atoms with Crippen LogP contribution in [0, 0.1) is 6.92 Å². The molecule has 1 aromatic carbocycles. The second-order valence-corrected chi connectivity index (χ2v) is 4.70. The van der Waals surface area contributed by atoms with Crippen LogP contribution < -0.4 is 11.1 Å². The molecule has 0 bridgehead atoms. The van der Waals surface area contributed by atoms with E-state index in [-0.39, 0.29) is 0 Å². The van der Waals surface area contributed by atoms with Crippen LogP contribution in [0.3, 0.4) is 0 Å². The lowest BCUT2D eigenvalue weighted by atomic mass is 10.2. The Kier molecular flexibility index (Phi) is 3.47. The van der Waals surface area contributed by atoms with Gasteiger partial charge in [-0.1, -0.05) is 0 Å². The molecule has 3 N–H and O–H groups in total. The first-order valence-electron chi connectivity index (χ1n) is 6.59. The summed E-state index contributed by atoms with van der Waals surface area (Å²) in [7, 11) is 0. The first-order valence-corrected chi connectivity index (χ1v) is 6.59. The predicted molar refractivity (Wildman–Crippen MR) is 84.1 cm³/mol. The SMILES string of the molecule is Cc1cc(Nc2nccc(-c3ccncc3)n2)ccc1N. The molecule has 3 rings (SSSR count). The molecule has 21 heavy (non-hydrogen) atoms. The van der Waals surface area contributed by atoms with E-state index in [1.54, 1.807) is 18.6 Å². The van der Waals surface area contributed by atoms with Crippen LogP contribution in [-0.2, 0) is 0 Å². The fourth-order valence-corrected chi connectivity index (χ4v) is 1.98. The quantitative estimate of drug-likeness (QED) is 0.719. The van der Waals surface area contributed by atoms with E-state index >= 15 is 0 Å². The highest BCUT2D eigenvalue weighted by Crippen LogP contribution is 2.21. The Morgan fingerprint density at radius 3 is 2.57 bits per heavy atom. The van der Waals surface area contributed by atoms with E-state index in [2.05, 4.69) is 20.3 Å². The van der Waals surface area contributed by atoms with Crippen molar-refractivity contribution in [1.82, 2.24) is 15.0 Å². The molecule has 2 aromatic heterocycles. The van der Waals surface area contributed by atoms with Crippen molar-refractivity contribution in [3.63, 3.8) is 0 Å². The maximum atomic E-state index is 5.82. The molecule has 5 heteroatoms. The van der Waals surface area contributed by atoms with Crippen LogP contribution in [0.1, 0.15) is 5.56 Å². The molecule has 0 unspecified atom stereocenters. The van der Waals surface area contributed by atoms with Crippen LogP contribution in [0.25, 0.3) is 11.3 Å². The van der Waals surface area contributed by atoms with Gasteiger partial charge in [0.2, 0.25) is 5.95 Å². The molecule has 3 aromatic rings. The van der Waals surface area contributed by atoms with E-state index in [0.717, 1.165) is 28.2 Å². The highest BCUT2D eigenvalue weighted by Gasteiger charge is 2.03. The molecule has 104 valence electrons. The van der Waals surface area contributed by atoms with E-state index in [4.69, 9.17) is 5.73 Å². The number of benzene rings is 1. The standard InChI is InChI=1S/C16H15N5/c1-11-10-13(2-3-14(11)17)20-16-19-9-6-15(21-16)12-4-7-18-8-5-12/h2-10H,17H2,1H3,(H,19,20,21). The van der Waals surface area contributed by atoms with E-state index in [0.29, 0.717) is 5.95 Å². The smallest absolute Gasteiger partial charge is 0.227 e. The molecule has 0 saturated heterocycles. The molecule has 0 aliphatic carbocycles. The molecule has 0 radical (unpaired) electrons. The number of aryl methyl sites for hydroxylation is 1. The molecule has 0 atom stereocenters. The lowest BCUT2D eigenvalue weighted by Gasteiger charge is -2.08. The Balaban J connectivity index is 1.88. The van der Waals surface area contributed by atoms with Crippen molar-refractivity contribution in [3.05, 3.63) is 60.6 Å². The molecule has 0 aliphatic rings. The fourth-order valence-electron chi connectivity index (χ4n) is 1.98. The van der Waals surface area contributed by atoms with Crippen LogP contribution in [0.2, 0.25) is 0 Å². The van der Waals surface area contributed by atoms with Gasteiger partial charge in [-0.05, 0) is 48.9 Å². The van der Waals surface area contributed by atoms with Crippen molar-refractivity contribution in [2.24, 2.45) is 0 Å². The topological polar surface area (TPSA) is 76.7 Å². The van der Waals surface area contributed by atoms with Gasteiger partial charge in [-0.2, -0.15) is 0 Å². The van der Waals surface area contributed by atoms with Crippen molar-refractivity contribution in [3.8, 4) is 11.3 Å². The normalized spacial score (nSPS) is 10.3. The number of nitrogens with zero attached hydrogens (tertiary/aromatic N) is 3. The minimum absolute atomic E-state index is 0.550. The van der Waals surface area contributed by atoms with Gasteiger partial charge in [-0.3, -0.25) is 4.98 Å². The first-order chi connectivity index (χ1) is 10.2. The Morgan fingerprint density at radius 1 is 1.00 bits per heavy atom. The van der Waals surface area contributed by atoms with Crippen molar-refractivity contribution in [2.45, 2.75) is 6.92 Å². The number of aromatic nitrogens is 3. The molecule has 0 fully saturated rings. The van der Waals surface area contributed by atoms with E-state index in [9.17, 15) is 0 Å². The van der Waals surface area contributed by atoms with Crippen molar-refractivity contribution in [2.75, 3.05) is 11.1 Å². The number of hydrogen-bond donors (Lipinski definition) is 2. The van der Waals surface area contributed by atoms with E-state index < -0.39 is 0 Å². The van der Waals surface area contributed by atoms with Gasteiger partial charge in [0, 0.05) is 35.5 Å². The minimum Gasteiger partial charge on any atom is -0.399 e. The van der Waals surface area contributed by atoms with Crippen LogP contribution in [0.5, 0.6) is 0 Å². The summed E-state index contributed by atoms with van der Waals surface area (Å²) >= 11 is 0. The molecule has 2 heterocycles. The number of nitrogens with two attached hydrogens (primary N) is 1. The zero-order valence-corrected chi connectivity index (χ0v) is 11.6. The van der Waals surface area contributed by atoms with Crippen LogP contribution >= 0.6 is 0 Å². The van der Waals surface area contributed by atoms with Crippen LogP contribution in [0.4, 0.5) is 17.3 Å². The summed E-state index contributed by atoms with van der Waals surface area (Å²) in [4.78, 5) is 12.8. The fraction of sp³-hybridized carbons (Fsp3) is 0.0625. The largest absolute Gasteiger partial charge is 0.399 e. The van der Waals surface area contributed by atoms with Gasteiger partial charge < -0.3 is 11.1 Å². The highest BCUT2D eigenvalue weighted by atomic mass is 15.1. The van der Waals surface area contributed by atoms with Crippen LogP contribution in [0.15, 0.2) is 55.0 Å². The summed E-state index contributed by atoms with van der Waals surface area (Å²) in [5, 5.41) is 3.19. The molecule has 5 nitrogen and oxygen atoms in total. The molecule has 0 amide bonds. The maximum Gasteiger partial charge on any atom is 0.227 e. The average Bonchev–Trinajstić information content (AvgIpc) is 2.52. The summed E-state index contributed by atoms with van der Waals surface area (Å²) in [6.07, 6.45) is 5.22. The van der Waals surface area contributed by atoms with Gasteiger partial charge in [-0.25, -0.2) is 9.97 Å². The molecular formula is C16H15N5. The van der Waals surface area contributed by atoms with E-state index in [1.165, 1.54) is 0 Å². The zero-order chi connectivity index (χ0) is 14.7. The minimum atomic E-state index is 0.550. The third kappa shape index (κ3) is 2.97. The molecule has 0 saturated carbocycles. The Labute approximate surface area is 122 Å². The first kappa shape index (κ1) is 13.1. The van der Waals surface area contributed by atoms with Gasteiger partial charge >= 0.3 is 0 Å². The second kappa shape index (κ2) is 5.58.